The maximum absolute atomic E-state index is 13.3. The number of nitrogen functional groups attached to an aromatic ring is 1. The van der Waals surface area contributed by atoms with Crippen molar-refractivity contribution in [3.05, 3.63) is 52.3 Å². The molecule has 3 N–H and O–H groups in total. The van der Waals surface area contributed by atoms with Gasteiger partial charge in [-0.15, -0.1) is 0 Å². The van der Waals surface area contributed by atoms with Crippen LogP contribution >= 0.6 is 20.1 Å². The Balaban J connectivity index is 0.000000945. The van der Waals surface area contributed by atoms with Gasteiger partial charge in [-0.1, -0.05) is 19.1 Å². The van der Waals surface area contributed by atoms with Gasteiger partial charge in [0.1, 0.15) is 18.5 Å². The fourth-order valence-corrected chi connectivity index (χ4v) is 4.01. The third-order valence-corrected chi connectivity index (χ3v) is 5.98. The van der Waals surface area contributed by atoms with E-state index in [1.54, 1.807) is 28.5 Å². The van der Waals surface area contributed by atoms with Crippen LogP contribution in [-0.2, 0) is 31.7 Å². The number of nitrogens with zero attached hydrogens (tertiary/aromatic N) is 3. The molecule has 2 aromatic heterocycles. The van der Waals surface area contributed by atoms with Crippen LogP contribution in [0.2, 0.25) is 0 Å². The highest BCUT2D eigenvalue weighted by atomic mass is 32.2. The Morgan fingerprint density at radius 3 is 2.82 bits per heavy atom. The second-order valence-electron chi connectivity index (χ2n) is 6.74. The van der Waals surface area contributed by atoms with Gasteiger partial charge in [-0.2, -0.15) is 16.7 Å². The van der Waals surface area contributed by atoms with Gasteiger partial charge in [0, 0.05) is 18.7 Å². The number of carbonyl (C=O) groups excluding carboxylic acids is 1. The number of carbonyl (C=O) groups is 1. The molecule has 0 aliphatic carbocycles. The molecule has 0 saturated heterocycles. The smallest absolute Gasteiger partial charge is 0.280 e. The van der Waals surface area contributed by atoms with Crippen molar-refractivity contribution in [1.82, 2.24) is 19.5 Å². The summed E-state index contributed by atoms with van der Waals surface area (Å²) in [5.41, 5.74) is 6.58. The van der Waals surface area contributed by atoms with Crippen LogP contribution in [0.5, 0.6) is 0 Å². The summed E-state index contributed by atoms with van der Waals surface area (Å²) in [4.78, 5) is 31.6. The largest absolute Gasteiger partial charge is 0.370 e. The molecule has 1 aromatic carbocycles. The summed E-state index contributed by atoms with van der Waals surface area (Å²) < 4.78 is 32.4. The van der Waals surface area contributed by atoms with Crippen molar-refractivity contribution in [2.45, 2.75) is 26.5 Å². The van der Waals surface area contributed by atoms with Crippen LogP contribution in [0.1, 0.15) is 18.9 Å². The molecule has 3 aromatic rings. The number of rotatable bonds is 13. The van der Waals surface area contributed by atoms with E-state index in [2.05, 4.69) is 15.0 Å². The summed E-state index contributed by atoms with van der Waals surface area (Å²) in [5, 5.41) is 0. The number of fused-ring (bicyclic) bond motifs is 1. The van der Waals surface area contributed by atoms with Gasteiger partial charge in [0.2, 0.25) is 5.95 Å². The van der Waals surface area contributed by atoms with Crippen LogP contribution < -0.4 is 11.3 Å². The van der Waals surface area contributed by atoms with Gasteiger partial charge in [0.25, 0.3) is 5.56 Å². The van der Waals surface area contributed by atoms with E-state index in [-0.39, 0.29) is 35.8 Å². The Bertz CT molecular complexity index is 1080. The molecular weight excluding hydrogens is 484 g/mol. The lowest BCUT2D eigenvalue weighted by Crippen LogP contribution is -2.13. The zero-order valence-electron chi connectivity index (χ0n) is 19.1. The number of nitrogens with two attached hydrogens (primary N) is 1. The van der Waals surface area contributed by atoms with E-state index < -0.39 is 8.38 Å². The number of thioether (sulfide) groups is 1. The van der Waals surface area contributed by atoms with Crippen LogP contribution in [0, 0.1) is 5.82 Å². The molecule has 0 aliphatic rings. The number of nitrogens with one attached hydrogen (secondary N) is 1. The minimum atomic E-state index is -1.29. The molecule has 1 unspecified atom stereocenters. The molecule has 1 atom stereocenters. The Morgan fingerprint density at radius 1 is 1.32 bits per heavy atom. The van der Waals surface area contributed by atoms with Gasteiger partial charge in [0.05, 0.1) is 26.1 Å². The zero-order chi connectivity index (χ0) is 24.8. The Hall–Kier alpha value is -2.37. The van der Waals surface area contributed by atoms with Crippen LogP contribution in [0.4, 0.5) is 10.3 Å². The first kappa shape index (κ1) is 27.9. The molecule has 0 spiro atoms. The second kappa shape index (κ2) is 15.5. The highest BCUT2D eigenvalue weighted by molar-refractivity contribution is 7.98. The summed E-state index contributed by atoms with van der Waals surface area (Å²) >= 11 is 1.67. The minimum Gasteiger partial charge on any atom is -0.370 e. The van der Waals surface area contributed by atoms with E-state index in [4.69, 9.17) is 19.5 Å². The van der Waals surface area contributed by atoms with Gasteiger partial charge in [-0.3, -0.25) is 9.78 Å². The van der Waals surface area contributed by atoms with Crippen molar-refractivity contribution in [3.63, 3.8) is 0 Å². The number of aromatic nitrogens is 4. The molecule has 186 valence electrons. The highest BCUT2D eigenvalue weighted by Crippen LogP contribution is 2.39. The molecule has 0 amide bonds. The standard InChI is InChI=1S/C18H23FN5O4PS.C3H6O/c1-30-8-7-27-29(28-10-13-3-2-4-14(19)9-13)12-26-6-5-24-11-21-15-16(24)22-18(20)23-17(15)25;1-2-3-4/h2-4,9,11H,5-8,10,12H2,1H3,(H3,20,22,23,25);3H,2H2,1H3. The summed E-state index contributed by atoms with van der Waals surface area (Å²) in [5.74, 6) is 0.567. The van der Waals surface area contributed by atoms with Crippen molar-refractivity contribution >= 4 is 43.5 Å². The summed E-state index contributed by atoms with van der Waals surface area (Å²) in [6.07, 6.45) is 5.30. The summed E-state index contributed by atoms with van der Waals surface area (Å²) in [6, 6.07) is 6.26. The maximum atomic E-state index is 13.3. The molecule has 2 heterocycles. The van der Waals surface area contributed by atoms with Crippen LogP contribution in [-0.4, -0.2) is 57.4 Å². The lowest BCUT2D eigenvalue weighted by Gasteiger charge is -2.17. The molecule has 0 bridgehead atoms. The lowest BCUT2D eigenvalue weighted by molar-refractivity contribution is -0.107. The number of aldehydes is 1. The SMILES string of the molecule is CCC=O.CSCCOP(COCCn1cnc2c(=O)[nH]c(N)nc21)OCc1cccc(F)c1. The van der Waals surface area contributed by atoms with Crippen LogP contribution in [0.25, 0.3) is 11.2 Å². The monoisotopic (exact) mass is 513 g/mol. The average molecular weight is 514 g/mol. The number of halogens is 1. The number of hydrogen-bond acceptors (Lipinski definition) is 9. The lowest BCUT2D eigenvalue weighted by atomic mass is 10.2. The van der Waals surface area contributed by atoms with E-state index in [9.17, 15) is 14.0 Å². The van der Waals surface area contributed by atoms with Gasteiger partial charge in [0.15, 0.2) is 19.5 Å². The van der Waals surface area contributed by atoms with Crippen LogP contribution in [0.15, 0.2) is 35.4 Å². The van der Waals surface area contributed by atoms with Gasteiger partial charge >= 0.3 is 0 Å². The van der Waals surface area contributed by atoms with E-state index in [1.165, 1.54) is 18.5 Å². The summed E-state index contributed by atoms with van der Waals surface area (Å²) in [6.45, 7) is 3.37. The Labute approximate surface area is 202 Å². The third-order valence-electron chi connectivity index (χ3n) is 4.12. The molecular formula is C21H29FN5O5PS. The molecule has 0 fully saturated rings. The fraction of sp³-hybridized carbons (Fsp3) is 0.429. The van der Waals surface area contributed by atoms with Crippen molar-refractivity contribution in [3.8, 4) is 0 Å². The van der Waals surface area contributed by atoms with Gasteiger partial charge in [-0.25, -0.2) is 9.37 Å². The van der Waals surface area contributed by atoms with E-state index in [1.807, 2.05) is 13.2 Å². The zero-order valence-corrected chi connectivity index (χ0v) is 20.8. The third kappa shape index (κ3) is 9.47. The first-order valence-corrected chi connectivity index (χ1v) is 13.2. The number of hydrogen-bond donors (Lipinski definition) is 2. The molecule has 0 aliphatic heterocycles. The number of H-pyrrole nitrogens is 1. The molecule has 3 rings (SSSR count). The quantitative estimate of drug-likeness (QED) is 0.200. The highest BCUT2D eigenvalue weighted by Gasteiger charge is 2.13. The number of anilines is 1. The van der Waals surface area contributed by atoms with Crippen molar-refractivity contribution in [2.24, 2.45) is 0 Å². The predicted octanol–water partition coefficient (Wildman–Crippen LogP) is 3.32. The van der Waals surface area contributed by atoms with Crippen molar-refractivity contribution in [1.29, 1.82) is 0 Å². The Morgan fingerprint density at radius 2 is 2.12 bits per heavy atom. The first-order chi connectivity index (χ1) is 16.5. The van der Waals surface area contributed by atoms with E-state index in [0.717, 1.165) is 17.6 Å². The Kier molecular flexibility index (Phi) is 12.7. The minimum absolute atomic E-state index is 0.0339. The van der Waals surface area contributed by atoms with E-state index >= 15 is 0 Å². The molecule has 10 nitrogen and oxygen atoms in total. The maximum Gasteiger partial charge on any atom is 0.280 e. The summed E-state index contributed by atoms with van der Waals surface area (Å²) in [7, 11) is -1.29. The normalized spacial score (nSPS) is 11.7. The molecule has 34 heavy (non-hydrogen) atoms. The van der Waals surface area contributed by atoms with E-state index in [0.29, 0.717) is 31.8 Å². The number of benzene rings is 1. The van der Waals surface area contributed by atoms with Gasteiger partial charge < -0.3 is 28.9 Å². The van der Waals surface area contributed by atoms with Crippen LogP contribution in [0.3, 0.4) is 0 Å². The van der Waals surface area contributed by atoms with Crippen molar-refractivity contribution < 1.29 is 23.0 Å². The number of imidazole rings is 1. The molecule has 0 saturated carbocycles. The fourth-order valence-electron chi connectivity index (χ4n) is 2.54. The number of ether oxygens (including phenoxy) is 1. The first-order valence-electron chi connectivity index (χ1n) is 10.5. The number of aromatic amines is 1. The average Bonchev–Trinajstić information content (AvgIpc) is 3.23. The molecule has 0 radical (unpaired) electrons. The van der Waals surface area contributed by atoms with Gasteiger partial charge in [-0.05, 0) is 24.0 Å². The predicted molar refractivity (Wildman–Crippen MR) is 132 cm³/mol. The topological polar surface area (TPSA) is 134 Å². The molecule has 13 heteroatoms. The second-order valence-corrected chi connectivity index (χ2v) is 9.16. The van der Waals surface area contributed by atoms with Crippen molar-refractivity contribution in [2.75, 3.05) is 37.3 Å².